The number of hydrogen-bond donors (Lipinski definition) is 2. The first-order valence-electron chi connectivity index (χ1n) is 10.8. The average Bonchev–Trinajstić information content (AvgIpc) is 3.22. The Morgan fingerprint density at radius 2 is 1.70 bits per heavy atom. The number of aryl methyl sites for hydroxylation is 1. The third kappa shape index (κ3) is 5.38. The number of amides is 1. The lowest BCUT2D eigenvalue weighted by Crippen LogP contribution is -2.30. The van der Waals surface area contributed by atoms with E-state index in [4.69, 9.17) is 17.0 Å². The molecule has 0 spiro atoms. The van der Waals surface area contributed by atoms with Gasteiger partial charge in [0.05, 0.1) is 13.2 Å². The predicted octanol–water partition coefficient (Wildman–Crippen LogP) is 5.22. The average molecular weight is 459 g/mol. The monoisotopic (exact) mass is 458 g/mol. The molecule has 0 bridgehead atoms. The SMILES string of the molecule is COc1ccc(C(NC(=O)CCn2c(-c3ccc(C)cc3)n[nH]c2=S)c2ccccc2)cc1. The molecule has 168 valence electrons. The summed E-state index contributed by atoms with van der Waals surface area (Å²) in [7, 11) is 1.64. The van der Waals surface area contributed by atoms with Crippen molar-refractivity contribution in [3.8, 4) is 17.1 Å². The number of hydrogen-bond acceptors (Lipinski definition) is 4. The van der Waals surface area contributed by atoms with Gasteiger partial charge in [-0.3, -0.25) is 14.5 Å². The molecule has 0 radical (unpaired) electrons. The van der Waals surface area contributed by atoms with E-state index >= 15 is 0 Å². The van der Waals surface area contributed by atoms with Crippen LogP contribution in [-0.2, 0) is 11.3 Å². The van der Waals surface area contributed by atoms with Crippen molar-refractivity contribution in [3.05, 3.63) is 100 Å². The first kappa shape index (κ1) is 22.5. The Morgan fingerprint density at radius 3 is 2.36 bits per heavy atom. The van der Waals surface area contributed by atoms with Crippen LogP contribution in [0, 0.1) is 11.7 Å². The van der Waals surface area contributed by atoms with Crippen LogP contribution in [0.25, 0.3) is 11.4 Å². The zero-order valence-electron chi connectivity index (χ0n) is 18.6. The van der Waals surface area contributed by atoms with E-state index in [2.05, 4.69) is 15.5 Å². The van der Waals surface area contributed by atoms with Crippen molar-refractivity contribution in [2.45, 2.75) is 25.9 Å². The molecule has 1 heterocycles. The molecule has 0 saturated heterocycles. The van der Waals surface area contributed by atoms with Crippen LogP contribution < -0.4 is 10.1 Å². The number of rotatable bonds is 8. The largest absolute Gasteiger partial charge is 0.497 e. The summed E-state index contributed by atoms with van der Waals surface area (Å²) in [5, 5.41) is 10.4. The van der Waals surface area contributed by atoms with Crippen molar-refractivity contribution in [1.29, 1.82) is 0 Å². The molecule has 0 aliphatic heterocycles. The second-order valence-electron chi connectivity index (χ2n) is 7.80. The normalized spacial score (nSPS) is 11.7. The highest BCUT2D eigenvalue weighted by Gasteiger charge is 2.18. The Kier molecular flexibility index (Phi) is 7.00. The molecule has 0 aliphatic carbocycles. The molecule has 4 aromatic rings. The van der Waals surface area contributed by atoms with Crippen LogP contribution >= 0.6 is 12.2 Å². The fraction of sp³-hybridized carbons (Fsp3) is 0.192. The highest BCUT2D eigenvalue weighted by molar-refractivity contribution is 7.71. The first-order chi connectivity index (χ1) is 16.0. The van der Waals surface area contributed by atoms with Crippen LogP contribution in [0.15, 0.2) is 78.9 Å². The summed E-state index contributed by atoms with van der Waals surface area (Å²) in [6.45, 7) is 2.46. The summed E-state index contributed by atoms with van der Waals surface area (Å²) in [5.74, 6) is 1.43. The molecule has 0 fully saturated rings. The quantitative estimate of drug-likeness (QED) is 0.355. The Hall–Kier alpha value is -3.71. The van der Waals surface area contributed by atoms with Crippen LogP contribution in [0.5, 0.6) is 5.75 Å². The van der Waals surface area contributed by atoms with E-state index in [1.165, 1.54) is 5.56 Å². The number of nitrogens with zero attached hydrogens (tertiary/aromatic N) is 2. The number of benzene rings is 3. The van der Waals surface area contributed by atoms with Crippen LogP contribution in [0.4, 0.5) is 0 Å². The van der Waals surface area contributed by atoms with E-state index in [1.54, 1.807) is 7.11 Å². The van der Waals surface area contributed by atoms with E-state index in [9.17, 15) is 4.79 Å². The Balaban J connectivity index is 1.51. The predicted molar refractivity (Wildman–Crippen MR) is 132 cm³/mol. The number of nitrogens with one attached hydrogen (secondary N) is 2. The molecule has 0 saturated carbocycles. The summed E-state index contributed by atoms with van der Waals surface area (Å²) in [4.78, 5) is 13.0. The molecule has 7 heteroatoms. The van der Waals surface area contributed by atoms with Crippen molar-refractivity contribution in [3.63, 3.8) is 0 Å². The van der Waals surface area contributed by atoms with Gasteiger partial charge in [0, 0.05) is 18.5 Å². The van der Waals surface area contributed by atoms with E-state index in [0.717, 1.165) is 28.3 Å². The lowest BCUT2D eigenvalue weighted by atomic mass is 9.98. The van der Waals surface area contributed by atoms with Crippen molar-refractivity contribution >= 4 is 18.1 Å². The molecule has 1 aromatic heterocycles. The fourth-order valence-corrected chi connectivity index (χ4v) is 3.92. The van der Waals surface area contributed by atoms with Gasteiger partial charge in [0.2, 0.25) is 5.91 Å². The number of methoxy groups -OCH3 is 1. The van der Waals surface area contributed by atoms with Gasteiger partial charge in [0.15, 0.2) is 10.6 Å². The minimum atomic E-state index is -0.265. The molecule has 1 unspecified atom stereocenters. The summed E-state index contributed by atoms with van der Waals surface area (Å²) in [6, 6.07) is 25.5. The maximum absolute atomic E-state index is 13.0. The summed E-state index contributed by atoms with van der Waals surface area (Å²) < 4.78 is 7.63. The smallest absolute Gasteiger partial charge is 0.222 e. The van der Waals surface area contributed by atoms with Gasteiger partial charge in [-0.2, -0.15) is 5.10 Å². The summed E-state index contributed by atoms with van der Waals surface area (Å²) >= 11 is 5.42. The standard InChI is InChI=1S/C26H26N4O2S/c1-18-8-10-21(11-9-18)25-28-29-26(33)30(25)17-16-23(31)27-24(19-6-4-3-5-7-19)20-12-14-22(32-2)15-13-20/h3-15,24H,16-17H2,1-2H3,(H,27,31)(H,29,33). The minimum Gasteiger partial charge on any atom is -0.497 e. The topological polar surface area (TPSA) is 71.9 Å². The number of H-pyrrole nitrogens is 1. The highest BCUT2D eigenvalue weighted by atomic mass is 32.1. The van der Waals surface area contributed by atoms with Gasteiger partial charge >= 0.3 is 0 Å². The van der Waals surface area contributed by atoms with Crippen LogP contribution in [-0.4, -0.2) is 27.8 Å². The van der Waals surface area contributed by atoms with Gasteiger partial charge in [-0.15, -0.1) is 0 Å². The van der Waals surface area contributed by atoms with Gasteiger partial charge in [0.1, 0.15) is 5.75 Å². The molecule has 2 N–H and O–H groups in total. The van der Waals surface area contributed by atoms with Gasteiger partial charge in [-0.1, -0.05) is 72.3 Å². The lowest BCUT2D eigenvalue weighted by molar-refractivity contribution is -0.121. The maximum Gasteiger partial charge on any atom is 0.222 e. The Bertz CT molecular complexity index is 1260. The molecule has 1 atom stereocenters. The zero-order valence-corrected chi connectivity index (χ0v) is 19.4. The van der Waals surface area contributed by atoms with Gasteiger partial charge in [0.25, 0.3) is 0 Å². The third-order valence-electron chi connectivity index (χ3n) is 5.52. The molecule has 3 aromatic carbocycles. The number of aromatic nitrogens is 3. The third-order valence-corrected chi connectivity index (χ3v) is 5.83. The molecule has 4 rings (SSSR count). The van der Waals surface area contributed by atoms with Gasteiger partial charge in [-0.05, 0) is 42.4 Å². The van der Waals surface area contributed by atoms with Gasteiger partial charge < -0.3 is 10.1 Å². The Labute approximate surface area is 198 Å². The van der Waals surface area contributed by atoms with E-state index in [1.807, 2.05) is 90.4 Å². The molecular formula is C26H26N4O2S. The number of carbonyl (C=O) groups is 1. The van der Waals surface area contributed by atoms with Crippen LogP contribution in [0.2, 0.25) is 0 Å². The van der Waals surface area contributed by atoms with Crippen molar-refractivity contribution in [2.75, 3.05) is 7.11 Å². The highest BCUT2D eigenvalue weighted by Crippen LogP contribution is 2.24. The summed E-state index contributed by atoms with van der Waals surface area (Å²) in [6.07, 6.45) is 0.270. The molecule has 0 aliphatic rings. The molecule has 1 amide bonds. The lowest BCUT2D eigenvalue weighted by Gasteiger charge is -2.20. The second kappa shape index (κ2) is 10.3. The zero-order chi connectivity index (χ0) is 23.2. The minimum absolute atomic E-state index is 0.0716. The summed E-state index contributed by atoms with van der Waals surface area (Å²) in [5.41, 5.74) is 4.12. The van der Waals surface area contributed by atoms with Crippen LogP contribution in [0.1, 0.15) is 29.2 Å². The van der Waals surface area contributed by atoms with Crippen LogP contribution in [0.3, 0.4) is 0 Å². The van der Waals surface area contributed by atoms with E-state index in [-0.39, 0.29) is 18.4 Å². The Morgan fingerprint density at radius 1 is 1.03 bits per heavy atom. The molecule has 6 nitrogen and oxygen atoms in total. The number of ether oxygens (including phenoxy) is 1. The van der Waals surface area contributed by atoms with E-state index in [0.29, 0.717) is 11.3 Å². The fourth-order valence-electron chi connectivity index (χ4n) is 3.70. The second-order valence-corrected chi connectivity index (χ2v) is 8.19. The van der Waals surface area contributed by atoms with Gasteiger partial charge in [-0.25, -0.2) is 0 Å². The maximum atomic E-state index is 13.0. The van der Waals surface area contributed by atoms with Crippen molar-refractivity contribution in [2.24, 2.45) is 0 Å². The molecular weight excluding hydrogens is 432 g/mol. The van der Waals surface area contributed by atoms with Crippen molar-refractivity contribution in [1.82, 2.24) is 20.1 Å². The first-order valence-corrected chi connectivity index (χ1v) is 11.2. The number of carbonyl (C=O) groups excluding carboxylic acids is 1. The van der Waals surface area contributed by atoms with Crippen molar-refractivity contribution < 1.29 is 9.53 Å². The number of aromatic amines is 1. The van der Waals surface area contributed by atoms with E-state index < -0.39 is 0 Å². The molecule has 33 heavy (non-hydrogen) atoms.